The molecule has 18 heavy (non-hydrogen) atoms. The summed E-state index contributed by atoms with van der Waals surface area (Å²) < 4.78 is 5.41. The summed E-state index contributed by atoms with van der Waals surface area (Å²) in [7, 11) is 0. The highest BCUT2D eigenvalue weighted by atomic mass is 16.5. The molecule has 0 saturated carbocycles. The molecule has 0 amide bonds. The summed E-state index contributed by atoms with van der Waals surface area (Å²) in [5.41, 5.74) is 0. The largest absolute Gasteiger partial charge is 0.392 e. The predicted octanol–water partition coefficient (Wildman–Crippen LogP) is 1.69. The molecule has 0 aromatic rings. The molecule has 0 aliphatic carbocycles. The van der Waals surface area contributed by atoms with Gasteiger partial charge < -0.3 is 20.3 Å². The Labute approximate surface area is 112 Å². The maximum absolute atomic E-state index is 9.57. The lowest BCUT2D eigenvalue weighted by Gasteiger charge is -2.13. The van der Waals surface area contributed by atoms with Crippen LogP contribution in [0.15, 0.2) is 0 Å². The molecule has 2 atom stereocenters. The molecule has 0 heterocycles. The monoisotopic (exact) mass is 261 g/mol. The van der Waals surface area contributed by atoms with E-state index in [2.05, 4.69) is 12.2 Å². The number of hydrogen-bond acceptors (Lipinski definition) is 4. The van der Waals surface area contributed by atoms with E-state index in [1.54, 1.807) is 6.92 Å². The Kier molecular flexibility index (Phi) is 13.2. The summed E-state index contributed by atoms with van der Waals surface area (Å²) in [4.78, 5) is 0. The quantitative estimate of drug-likeness (QED) is 0.442. The standard InChI is InChI=1S/C14H31NO3/c1-3-4-5-6-7-8-9-18-12-14(17)11-15-10-13(2)16/h13-17H,3-12H2,1-2H3. The van der Waals surface area contributed by atoms with E-state index in [1.165, 1.54) is 32.1 Å². The number of aliphatic hydroxyl groups excluding tert-OH is 2. The van der Waals surface area contributed by atoms with E-state index in [1.807, 2.05) is 0 Å². The summed E-state index contributed by atoms with van der Waals surface area (Å²) >= 11 is 0. The average molecular weight is 261 g/mol. The van der Waals surface area contributed by atoms with Crippen molar-refractivity contribution >= 4 is 0 Å². The summed E-state index contributed by atoms with van der Waals surface area (Å²) in [6.45, 7) is 6.03. The molecule has 0 saturated heterocycles. The highest BCUT2D eigenvalue weighted by Crippen LogP contribution is 2.04. The van der Waals surface area contributed by atoms with Crippen LogP contribution in [-0.2, 0) is 4.74 Å². The molecule has 0 bridgehead atoms. The Hall–Kier alpha value is -0.160. The van der Waals surface area contributed by atoms with Crippen LogP contribution >= 0.6 is 0 Å². The SMILES string of the molecule is CCCCCCCCOCC(O)CNCC(C)O. The molecule has 0 fully saturated rings. The van der Waals surface area contributed by atoms with Crippen molar-refractivity contribution in [3.8, 4) is 0 Å². The number of rotatable bonds is 13. The first kappa shape index (κ1) is 17.8. The molecule has 0 aromatic heterocycles. The predicted molar refractivity (Wildman–Crippen MR) is 74.8 cm³/mol. The molecule has 0 aliphatic rings. The molecule has 0 rings (SSSR count). The fourth-order valence-electron chi connectivity index (χ4n) is 1.72. The molecular weight excluding hydrogens is 230 g/mol. The number of aliphatic hydroxyl groups is 2. The van der Waals surface area contributed by atoms with Crippen LogP contribution < -0.4 is 5.32 Å². The van der Waals surface area contributed by atoms with Crippen molar-refractivity contribution in [3.05, 3.63) is 0 Å². The minimum Gasteiger partial charge on any atom is -0.392 e. The van der Waals surface area contributed by atoms with Gasteiger partial charge in [-0.05, 0) is 13.3 Å². The van der Waals surface area contributed by atoms with Crippen molar-refractivity contribution in [1.82, 2.24) is 5.32 Å². The van der Waals surface area contributed by atoms with Gasteiger partial charge in [0.2, 0.25) is 0 Å². The molecule has 0 aliphatic heterocycles. The molecule has 3 N–H and O–H groups in total. The van der Waals surface area contributed by atoms with Crippen molar-refractivity contribution < 1.29 is 14.9 Å². The maximum atomic E-state index is 9.57. The highest BCUT2D eigenvalue weighted by Gasteiger charge is 2.04. The lowest BCUT2D eigenvalue weighted by molar-refractivity contribution is 0.0341. The Balaban J connectivity index is 3.12. The van der Waals surface area contributed by atoms with Gasteiger partial charge in [0.05, 0.1) is 18.8 Å². The summed E-state index contributed by atoms with van der Waals surface area (Å²) in [5, 5.41) is 21.6. The molecule has 0 aromatic carbocycles. The first-order valence-corrected chi connectivity index (χ1v) is 7.31. The van der Waals surface area contributed by atoms with Crippen molar-refractivity contribution in [2.45, 2.75) is 64.6 Å². The minimum absolute atomic E-state index is 0.374. The van der Waals surface area contributed by atoms with Crippen LogP contribution in [-0.4, -0.2) is 48.7 Å². The van der Waals surface area contributed by atoms with E-state index >= 15 is 0 Å². The Bertz CT molecular complexity index is 165. The first-order chi connectivity index (χ1) is 8.66. The van der Waals surface area contributed by atoms with Gasteiger partial charge in [-0.15, -0.1) is 0 Å². The summed E-state index contributed by atoms with van der Waals surface area (Å²) in [6, 6.07) is 0. The van der Waals surface area contributed by atoms with Gasteiger partial charge in [-0.2, -0.15) is 0 Å². The first-order valence-electron chi connectivity index (χ1n) is 7.31. The zero-order valence-corrected chi connectivity index (χ0v) is 12.0. The fourth-order valence-corrected chi connectivity index (χ4v) is 1.72. The number of nitrogens with one attached hydrogen (secondary N) is 1. The van der Waals surface area contributed by atoms with Crippen LogP contribution in [0.25, 0.3) is 0 Å². The van der Waals surface area contributed by atoms with Crippen molar-refractivity contribution in [2.75, 3.05) is 26.3 Å². The smallest absolute Gasteiger partial charge is 0.0897 e. The van der Waals surface area contributed by atoms with Crippen LogP contribution in [0.1, 0.15) is 52.4 Å². The van der Waals surface area contributed by atoms with E-state index in [4.69, 9.17) is 9.84 Å². The topological polar surface area (TPSA) is 61.7 Å². The Morgan fingerprint density at radius 3 is 2.33 bits per heavy atom. The van der Waals surface area contributed by atoms with Gasteiger partial charge in [0.1, 0.15) is 0 Å². The van der Waals surface area contributed by atoms with Gasteiger partial charge in [-0.1, -0.05) is 39.0 Å². The van der Waals surface area contributed by atoms with E-state index in [-0.39, 0.29) is 6.10 Å². The molecule has 4 nitrogen and oxygen atoms in total. The van der Waals surface area contributed by atoms with E-state index in [0.29, 0.717) is 19.7 Å². The fraction of sp³-hybridized carbons (Fsp3) is 1.00. The number of unbranched alkanes of at least 4 members (excludes halogenated alkanes) is 5. The van der Waals surface area contributed by atoms with Crippen molar-refractivity contribution in [2.24, 2.45) is 0 Å². The van der Waals surface area contributed by atoms with Gasteiger partial charge in [0.15, 0.2) is 0 Å². The second-order valence-electron chi connectivity index (χ2n) is 5.00. The van der Waals surface area contributed by atoms with Crippen LogP contribution in [0.3, 0.4) is 0 Å². The average Bonchev–Trinajstić information content (AvgIpc) is 2.32. The van der Waals surface area contributed by atoms with Gasteiger partial charge in [-0.25, -0.2) is 0 Å². The van der Waals surface area contributed by atoms with Crippen LogP contribution in [0.4, 0.5) is 0 Å². The molecule has 110 valence electrons. The zero-order chi connectivity index (χ0) is 13.6. The van der Waals surface area contributed by atoms with Crippen LogP contribution in [0.5, 0.6) is 0 Å². The highest BCUT2D eigenvalue weighted by molar-refractivity contribution is 4.60. The number of ether oxygens (including phenoxy) is 1. The molecule has 0 spiro atoms. The van der Waals surface area contributed by atoms with Gasteiger partial charge in [0.25, 0.3) is 0 Å². The summed E-state index contributed by atoms with van der Waals surface area (Å²) in [5.74, 6) is 0. The minimum atomic E-state index is -0.483. The number of hydrogen-bond donors (Lipinski definition) is 3. The lowest BCUT2D eigenvalue weighted by Crippen LogP contribution is -2.34. The molecule has 4 heteroatoms. The van der Waals surface area contributed by atoms with Gasteiger partial charge in [-0.3, -0.25) is 0 Å². The second-order valence-corrected chi connectivity index (χ2v) is 5.00. The second kappa shape index (κ2) is 13.3. The van der Waals surface area contributed by atoms with Crippen LogP contribution in [0, 0.1) is 0 Å². The third-order valence-electron chi connectivity index (χ3n) is 2.77. The zero-order valence-electron chi connectivity index (χ0n) is 12.0. The van der Waals surface area contributed by atoms with Gasteiger partial charge >= 0.3 is 0 Å². The van der Waals surface area contributed by atoms with E-state index in [9.17, 15) is 5.11 Å². The summed E-state index contributed by atoms with van der Waals surface area (Å²) in [6.07, 6.45) is 6.66. The van der Waals surface area contributed by atoms with Crippen LogP contribution in [0.2, 0.25) is 0 Å². The Morgan fingerprint density at radius 2 is 1.67 bits per heavy atom. The maximum Gasteiger partial charge on any atom is 0.0897 e. The Morgan fingerprint density at radius 1 is 1.00 bits per heavy atom. The third kappa shape index (κ3) is 13.9. The molecule has 2 unspecified atom stereocenters. The lowest BCUT2D eigenvalue weighted by atomic mass is 10.1. The molecular formula is C14H31NO3. The molecule has 0 radical (unpaired) electrons. The van der Waals surface area contributed by atoms with Crippen molar-refractivity contribution in [3.63, 3.8) is 0 Å². The van der Waals surface area contributed by atoms with Crippen molar-refractivity contribution in [1.29, 1.82) is 0 Å². The van der Waals surface area contributed by atoms with E-state index in [0.717, 1.165) is 13.0 Å². The third-order valence-corrected chi connectivity index (χ3v) is 2.77. The van der Waals surface area contributed by atoms with Gasteiger partial charge in [0, 0.05) is 19.7 Å². The van der Waals surface area contributed by atoms with E-state index < -0.39 is 6.10 Å². The normalized spacial score (nSPS) is 14.7.